The van der Waals surface area contributed by atoms with E-state index < -0.39 is 0 Å². The van der Waals surface area contributed by atoms with Gasteiger partial charge in [-0.25, -0.2) is 0 Å². The van der Waals surface area contributed by atoms with Gasteiger partial charge in [-0.15, -0.1) is 0 Å². The molecule has 3 heterocycles. The van der Waals surface area contributed by atoms with E-state index in [2.05, 4.69) is 15.4 Å². The Labute approximate surface area is 139 Å². The second-order valence-electron chi connectivity index (χ2n) is 5.81. The molecule has 1 aliphatic heterocycles. The van der Waals surface area contributed by atoms with Gasteiger partial charge in [0, 0.05) is 25.4 Å². The number of pyridine rings is 1. The van der Waals surface area contributed by atoms with Crippen molar-refractivity contribution in [3.63, 3.8) is 0 Å². The second kappa shape index (κ2) is 6.68. The fourth-order valence-corrected chi connectivity index (χ4v) is 3.14. The third-order valence-electron chi connectivity index (χ3n) is 4.13. The fourth-order valence-electron chi connectivity index (χ4n) is 2.90. The molecule has 0 spiro atoms. The summed E-state index contributed by atoms with van der Waals surface area (Å²) in [7, 11) is 1.72. The van der Waals surface area contributed by atoms with Crippen molar-refractivity contribution in [3.8, 4) is 0 Å². The van der Waals surface area contributed by atoms with Crippen LogP contribution in [-0.2, 0) is 18.2 Å². The first-order valence-electron chi connectivity index (χ1n) is 7.53. The topological polar surface area (TPSA) is 69.0 Å². The van der Waals surface area contributed by atoms with E-state index in [1.807, 2.05) is 12.1 Å². The van der Waals surface area contributed by atoms with E-state index >= 15 is 0 Å². The molecule has 2 unspecified atom stereocenters. The number of halogens is 1. The van der Waals surface area contributed by atoms with Crippen LogP contribution in [-0.4, -0.2) is 39.9 Å². The van der Waals surface area contributed by atoms with Gasteiger partial charge < -0.3 is 10.1 Å². The Balaban J connectivity index is 1.70. The summed E-state index contributed by atoms with van der Waals surface area (Å²) in [6.45, 7) is 2.92. The smallest absolute Gasteiger partial charge is 0.271 e. The monoisotopic (exact) mass is 334 g/mol. The lowest BCUT2D eigenvalue weighted by atomic mass is 9.95. The van der Waals surface area contributed by atoms with Gasteiger partial charge in [-0.2, -0.15) is 5.10 Å². The number of rotatable bonds is 4. The highest BCUT2D eigenvalue weighted by atomic mass is 35.5. The van der Waals surface area contributed by atoms with Gasteiger partial charge in [-0.05, 0) is 31.0 Å². The van der Waals surface area contributed by atoms with Crippen LogP contribution in [0.4, 0.5) is 0 Å². The number of ether oxygens (including phenoxy) is 1. The normalized spacial score (nSPS) is 20.7. The maximum absolute atomic E-state index is 12.5. The number of amides is 1. The number of hydrogen-bond acceptors (Lipinski definition) is 4. The lowest BCUT2D eigenvalue weighted by Gasteiger charge is -2.19. The summed E-state index contributed by atoms with van der Waals surface area (Å²) in [6, 6.07) is 3.93. The van der Waals surface area contributed by atoms with Crippen LogP contribution < -0.4 is 5.32 Å². The number of aryl methyl sites for hydroxylation is 2. The number of aromatic nitrogens is 3. The molecule has 3 rings (SSSR count). The average Bonchev–Trinajstić information content (AvgIpc) is 3.05. The molecule has 0 bridgehead atoms. The molecule has 1 amide bonds. The van der Waals surface area contributed by atoms with Crippen molar-refractivity contribution in [1.29, 1.82) is 0 Å². The van der Waals surface area contributed by atoms with E-state index in [1.165, 1.54) is 10.2 Å². The first-order chi connectivity index (χ1) is 11.1. The lowest BCUT2D eigenvalue weighted by molar-refractivity contribution is 0.0915. The molecule has 122 valence electrons. The van der Waals surface area contributed by atoms with E-state index in [0.29, 0.717) is 29.6 Å². The molecule has 6 nitrogen and oxygen atoms in total. The molecule has 0 saturated carbocycles. The quantitative estimate of drug-likeness (QED) is 0.925. The number of hydrogen-bond donors (Lipinski definition) is 1. The highest BCUT2D eigenvalue weighted by molar-refractivity contribution is 6.34. The molecule has 1 saturated heterocycles. The molecular formula is C16H19ClN4O2. The second-order valence-corrected chi connectivity index (χ2v) is 6.19. The Morgan fingerprint density at radius 3 is 2.83 bits per heavy atom. The average molecular weight is 335 g/mol. The van der Waals surface area contributed by atoms with Gasteiger partial charge in [0.1, 0.15) is 5.69 Å². The van der Waals surface area contributed by atoms with Gasteiger partial charge in [0.15, 0.2) is 0 Å². The predicted molar refractivity (Wildman–Crippen MR) is 86.5 cm³/mol. The summed E-state index contributed by atoms with van der Waals surface area (Å²) in [5.41, 5.74) is 2.22. The minimum absolute atomic E-state index is 0.0399. The van der Waals surface area contributed by atoms with E-state index in [0.717, 1.165) is 6.42 Å². The summed E-state index contributed by atoms with van der Waals surface area (Å²) < 4.78 is 7.07. The van der Waals surface area contributed by atoms with Crippen molar-refractivity contribution >= 4 is 17.5 Å². The molecular weight excluding hydrogens is 316 g/mol. The van der Waals surface area contributed by atoms with Crippen LogP contribution in [0.25, 0.3) is 0 Å². The van der Waals surface area contributed by atoms with Crippen molar-refractivity contribution in [1.82, 2.24) is 20.1 Å². The van der Waals surface area contributed by atoms with Crippen molar-refractivity contribution in [3.05, 3.63) is 46.5 Å². The molecule has 0 radical (unpaired) electrons. The van der Waals surface area contributed by atoms with Gasteiger partial charge in [-0.3, -0.25) is 14.5 Å². The fraction of sp³-hybridized carbons (Fsp3) is 0.438. The molecule has 2 atom stereocenters. The van der Waals surface area contributed by atoms with Crippen LogP contribution in [0.3, 0.4) is 0 Å². The molecule has 0 aliphatic carbocycles. The highest BCUT2D eigenvalue weighted by Gasteiger charge is 2.31. The summed E-state index contributed by atoms with van der Waals surface area (Å²) in [5, 5.41) is 7.61. The van der Waals surface area contributed by atoms with Crippen LogP contribution in [0.2, 0.25) is 5.02 Å². The maximum atomic E-state index is 12.5. The number of carbonyl (C=O) groups excluding carboxylic acids is 1. The molecule has 0 aromatic carbocycles. The SMILES string of the molecule is Cc1nn(C)c(C(=O)NC2COCC2Cc2ccncc2)c1Cl. The van der Waals surface area contributed by atoms with Crippen LogP contribution in [0.5, 0.6) is 0 Å². The Morgan fingerprint density at radius 1 is 1.43 bits per heavy atom. The van der Waals surface area contributed by atoms with E-state index in [4.69, 9.17) is 16.3 Å². The van der Waals surface area contributed by atoms with E-state index in [9.17, 15) is 4.79 Å². The maximum Gasteiger partial charge on any atom is 0.271 e. The molecule has 2 aromatic rings. The summed E-state index contributed by atoms with van der Waals surface area (Å²) >= 11 is 6.18. The van der Waals surface area contributed by atoms with Gasteiger partial charge >= 0.3 is 0 Å². The van der Waals surface area contributed by atoms with Crippen LogP contribution in [0, 0.1) is 12.8 Å². The van der Waals surface area contributed by atoms with E-state index in [1.54, 1.807) is 26.4 Å². The highest BCUT2D eigenvalue weighted by Crippen LogP contribution is 2.22. The van der Waals surface area contributed by atoms with Crippen molar-refractivity contribution < 1.29 is 9.53 Å². The van der Waals surface area contributed by atoms with Gasteiger partial charge in [0.2, 0.25) is 0 Å². The zero-order chi connectivity index (χ0) is 16.4. The molecule has 1 N–H and O–H groups in total. The number of nitrogens with one attached hydrogen (secondary N) is 1. The van der Waals surface area contributed by atoms with Gasteiger partial charge in [-0.1, -0.05) is 11.6 Å². The van der Waals surface area contributed by atoms with Gasteiger partial charge in [0.25, 0.3) is 5.91 Å². The Hall–Kier alpha value is -1.92. The molecule has 7 heteroatoms. The lowest BCUT2D eigenvalue weighted by Crippen LogP contribution is -2.41. The Morgan fingerprint density at radius 2 is 2.17 bits per heavy atom. The Kier molecular flexibility index (Phi) is 4.63. The Bertz CT molecular complexity index is 702. The summed E-state index contributed by atoms with van der Waals surface area (Å²) in [5.74, 6) is 0.0165. The standard InChI is InChI=1S/C16H19ClN4O2/c1-10-14(17)15(21(2)20-10)16(22)19-13-9-23-8-12(13)7-11-3-5-18-6-4-11/h3-6,12-13H,7-9H2,1-2H3,(H,19,22). The number of nitrogens with zero attached hydrogens (tertiary/aromatic N) is 3. The van der Waals surface area contributed by atoms with Crippen molar-refractivity contribution in [2.75, 3.05) is 13.2 Å². The third kappa shape index (κ3) is 3.38. The van der Waals surface area contributed by atoms with Crippen molar-refractivity contribution in [2.24, 2.45) is 13.0 Å². The number of carbonyl (C=O) groups is 1. The molecule has 1 fully saturated rings. The van der Waals surface area contributed by atoms with E-state index in [-0.39, 0.29) is 17.9 Å². The summed E-state index contributed by atoms with van der Waals surface area (Å²) in [6.07, 6.45) is 4.39. The molecule has 1 aliphatic rings. The predicted octanol–water partition coefficient (Wildman–Crippen LogP) is 1.76. The van der Waals surface area contributed by atoms with Crippen LogP contribution in [0.15, 0.2) is 24.5 Å². The zero-order valence-corrected chi connectivity index (χ0v) is 13.9. The minimum Gasteiger partial charge on any atom is -0.379 e. The molecule has 2 aromatic heterocycles. The minimum atomic E-state index is -0.215. The largest absolute Gasteiger partial charge is 0.379 e. The first-order valence-corrected chi connectivity index (χ1v) is 7.90. The van der Waals surface area contributed by atoms with Crippen LogP contribution >= 0.6 is 11.6 Å². The van der Waals surface area contributed by atoms with Crippen molar-refractivity contribution in [2.45, 2.75) is 19.4 Å². The molecule has 23 heavy (non-hydrogen) atoms. The summed E-state index contributed by atoms with van der Waals surface area (Å²) in [4.78, 5) is 16.6. The van der Waals surface area contributed by atoms with Gasteiger partial charge in [0.05, 0.1) is 30.0 Å². The van der Waals surface area contributed by atoms with Crippen LogP contribution in [0.1, 0.15) is 21.7 Å². The third-order valence-corrected chi connectivity index (χ3v) is 4.58. The zero-order valence-electron chi connectivity index (χ0n) is 13.1. The first kappa shape index (κ1) is 16.0.